The topological polar surface area (TPSA) is 96.8 Å². The van der Waals surface area contributed by atoms with Crippen molar-refractivity contribution in [2.45, 2.75) is 13.1 Å². The monoisotopic (exact) mass is 534 g/mol. The van der Waals surface area contributed by atoms with Crippen LogP contribution >= 0.6 is 0 Å². The summed E-state index contributed by atoms with van der Waals surface area (Å²) in [5.41, 5.74) is 4.36. The van der Waals surface area contributed by atoms with Crippen molar-refractivity contribution in [2.75, 3.05) is 39.5 Å². The van der Waals surface area contributed by atoms with E-state index in [1.165, 1.54) is 0 Å². The number of aromatic nitrogens is 2. The highest BCUT2D eigenvalue weighted by atomic mass is 16.5. The summed E-state index contributed by atoms with van der Waals surface area (Å²) in [6.07, 6.45) is 14.7. The Morgan fingerprint density at radius 2 is 0.975 bits per heavy atom. The molecule has 2 aliphatic carbocycles. The van der Waals surface area contributed by atoms with Gasteiger partial charge in [0.2, 0.25) is 0 Å². The second-order valence-corrected chi connectivity index (χ2v) is 9.84. The Kier molecular flexibility index (Phi) is 7.61. The first kappa shape index (κ1) is 25.9. The van der Waals surface area contributed by atoms with E-state index in [0.717, 1.165) is 33.2 Å². The summed E-state index contributed by atoms with van der Waals surface area (Å²) >= 11 is 0. The minimum atomic E-state index is -0.0611. The van der Waals surface area contributed by atoms with E-state index in [1.54, 1.807) is 9.80 Å². The number of ether oxygens (including phenoxy) is 2. The number of hydrogen-bond acceptors (Lipinski definition) is 8. The normalized spacial score (nSPS) is 18.1. The second kappa shape index (κ2) is 11.8. The average molecular weight is 535 g/mol. The van der Waals surface area contributed by atoms with Gasteiger partial charge in [-0.25, -0.2) is 9.97 Å². The lowest BCUT2D eigenvalue weighted by atomic mass is 10.1. The first-order valence-corrected chi connectivity index (χ1v) is 13.5. The maximum Gasteiger partial charge on any atom is 0.0968 e. The minimum Gasteiger partial charge on any atom is -0.860 e. The van der Waals surface area contributed by atoms with Crippen LogP contribution in [0.3, 0.4) is 0 Å². The van der Waals surface area contributed by atoms with Gasteiger partial charge in [0.25, 0.3) is 0 Å². The maximum absolute atomic E-state index is 13.3. The number of fused-ring (bicyclic) bond motifs is 2. The van der Waals surface area contributed by atoms with Crippen LogP contribution in [-0.4, -0.2) is 59.3 Å². The molecule has 0 atom stereocenters. The Labute approximate surface area is 233 Å². The van der Waals surface area contributed by atoms with Crippen molar-refractivity contribution in [3.05, 3.63) is 119 Å². The van der Waals surface area contributed by atoms with Crippen LogP contribution in [-0.2, 0) is 22.6 Å². The van der Waals surface area contributed by atoms with E-state index in [1.807, 2.05) is 85.0 Å². The fraction of sp³-hybridized carbons (Fsp3) is 0.250. The second-order valence-electron chi connectivity index (χ2n) is 9.84. The Balaban J connectivity index is 1.39. The molecule has 204 valence electrons. The highest BCUT2D eigenvalue weighted by molar-refractivity contribution is 6.02. The van der Waals surface area contributed by atoms with Gasteiger partial charge >= 0.3 is 0 Å². The van der Waals surface area contributed by atoms with Gasteiger partial charge in [0.15, 0.2) is 0 Å². The Hall–Kier alpha value is -4.40. The molecule has 3 aliphatic rings. The van der Waals surface area contributed by atoms with Crippen LogP contribution in [0, 0.1) is 0 Å². The molecule has 2 aromatic heterocycles. The number of hydrogen-bond donors (Lipinski definition) is 0. The molecule has 1 aliphatic heterocycles. The summed E-state index contributed by atoms with van der Waals surface area (Å²) in [6.45, 7) is 3.07. The smallest absolute Gasteiger partial charge is 0.0968 e. The van der Waals surface area contributed by atoms with Crippen LogP contribution in [0.25, 0.3) is 21.8 Å². The highest BCUT2D eigenvalue weighted by Crippen LogP contribution is 2.25. The first-order valence-electron chi connectivity index (χ1n) is 13.5. The Morgan fingerprint density at radius 1 is 0.575 bits per heavy atom. The van der Waals surface area contributed by atoms with Crippen molar-refractivity contribution in [1.29, 1.82) is 0 Å². The van der Waals surface area contributed by atoms with E-state index < -0.39 is 0 Å². The molecule has 8 nitrogen and oxygen atoms in total. The van der Waals surface area contributed by atoms with Crippen molar-refractivity contribution < 1.29 is 19.7 Å². The highest BCUT2D eigenvalue weighted by Gasteiger charge is 2.13. The van der Waals surface area contributed by atoms with Crippen LogP contribution in [0.5, 0.6) is 0 Å². The summed E-state index contributed by atoms with van der Waals surface area (Å²) in [6, 6.07) is 12.0. The van der Waals surface area contributed by atoms with Gasteiger partial charge in [0.1, 0.15) is 0 Å². The molecule has 1 aromatic carbocycles. The molecule has 0 fully saturated rings. The van der Waals surface area contributed by atoms with Crippen LogP contribution < -0.4 is 10.2 Å². The van der Waals surface area contributed by atoms with Crippen molar-refractivity contribution in [2.24, 2.45) is 0 Å². The molecule has 0 saturated heterocycles. The third-order valence-corrected chi connectivity index (χ3v) is 7.12. The Morgan fingerprint density at radius 3 is 1.40 bits per heavy atom. The third kappa shape index (κ3) is 5.64. The van der Waals surface area contributed by atoms with Crippen molar-refractivity contribution in [3.63, 3.8) is 0 Å². The molecule has 4 bridgehead atoms. The lowest BCUT2D eigenvalue weighted by Gasteiger charge is -2.33. The predicted octanol–water partition coefficient (Wildman–Crippen LogP) is 2.83. The van der Waals surface area contributed by atoms with E-state index >= 15 is 0 Å². The van der Waals surface area contributed by atoms with E-state index in [0.29, 0.717) is 63.8 Å². The van der Waals surface area contributed by atoms with Gasteiger partial charge in [-0.3, -0.25) is 0 Å². The summed E-state index contributed by atoms with van der Waals surface area (Å²) in [5.74, 6) is -0.122. The van der Waals surface area contributed by atoms with Gasteiger partial charge in [-0.15, -0.1) is 0 Å². The molecule has 0 radical (unpaired) electrons. The van der Waals surface area contributed by atoms with Crippen molar-refractivity contribution in [1.82, 2.24) is 19.8 Å². The molecule has 3 aromatic rings. The molecule has 40 heavy (non-hydrogen) atoms. The van der Waals surface area contributed by atoms with Crippen LogP contribution in [0.2, 0.25) is 0 Å². The molecule has 0 spiro atoms. The fourth-order valence-corrected chi connectivity index (χ4v) is 4.99. The number of pyridine rings is 2. The van der Waals surface area contributed by atoms with Gasteiger partial charge in [0.05, 0.1) is 61.9 Å². The third-order valence-electron chi connectivity index (χ3n) is 7.12. The number of nitrogens with zero attached hydrogens (tertiary/aromatic N) is 4. The van der Waals surface area contributed by atoms with Gasteiger partial charge in [-0.1, -0.05) is 72.9 Å². The van der Waals surface area contributed by atoms with Crippen LogP contribution in [0.4, 0.5) is 0 Å². The summed E-state index contributed by atoms with van der Waals surface area (Å²) in [5, 5.41) is 28.5. The molecule has 0 saturated carbocycles. The molecule has 8 heteroatoms. The molecule has 3 heterocycles. The first-order chi connectivity index (χ1) is 19.7. The van der Waals surface area contributed by atoms with Gasteiger partial charge < -0.3 is 29.5 Å². The van der Waals surface area contributed by atoms with E-state index in [-0.39, 0.29) is 11.8 Å². The van der Waals surface area contributed by atoms with Gasteiger partial charge in [-0.05, 0) is 35.0 Å². The number of allylic oxidation sites excluding steroid dienone is 10. The molecular formula is C32H30N4O4-2. The zero-order valence-corrected chi connectivity index (χ0v) is 22.2. The standard InChI is InChI=1S/C32H32N4O4/c37-31(25-5-1-2-6-25)35-15-17-39-19-20-40-18-16-36(32(38)26-7-3-4-8-26)22-28-14-12-24-10-9-23-11-13-27(21-35)33-29(23)30(24)34-28/h1-14,37-38H,15-22H2/p-2. The van der Waals surface area contributed by atoms with Crippen molar-refractivity contribution in [3.8, 4) is 0 Å². The quantitative estimate of drug-likeness (QED) is 0.366. The van der Waals surface area contributed by atoms with Crippen LogP contribution in [0.1, 0.15) is 11.4 Å². The zero-order chi connectivity index (χ0) is 27.3. The number of rotatable bonds is 2. The largest absolute Gasteiger partial charge is 0.860 e. The van der Waals surface area contributed by atoms with E-state index in [2.05, 4.69) is 0 Å². The van der Waals surface area contributed by atoms with Gasteiger partial charge in [-0.2, -0.15) is 0 Å². The molecule has 6 rings (SSSR count). The minimum absolute atomic E-state index is 0.0611. The SMILES string of the molecule is [O-]C(=C1C=CC=C1)N1CCOCCOCCN(C([O-])=C2C=CC=C2)Cc2ccc3ccc4ccc(nc4c3n2)C1. The van der Waals surface area contributed by atoms with Gasteiger partial charge in [0, 0.05) is 23.9 Å². The summed E-state index contributed by atoms with van der Waals surface area (Å²) in [7, 11) is 0. The summed E-state index contributed by atoms with van der Waals surface area (Å²) < 4.78 is 11.6. The summed E-state index contributed by atoms with van der Waals surface area (Å²) in [4.78, 5) is 13.5. The fourth-order valence-electron chi connectivity index (χ4n) is 4.99. The number of benzene rings is 1. The lowest BCUT2D eigenvalue weighted by Crippen LogP contribution is -2.34. The van der Waals surface area contributed by atoms with E-state index in [9.17, 15) is 10.2 Å². The zero-order valence-electron chi connectivity index (χ0n) is 22.2. The van der Waals surface area contributed by atoms with Crippen LogP contribution in [0.15, 0.2) is 108 Å². The molecule has 0 amide bonds. The molecule has 0 unspecified atom stereocenters. The maximum atomic E-state index is 13.3. The predicted molar refractivity (Wildman–Crippen MR) is 150 cm³/mol. The van der Waals surface area contributed by atoms with Crippen molar-refractivity contribution >= 4 is 21.8 Å². The molecule has 0 N–H and O–H groups in total. The van der Waals surface area contributed by atoms with E-state index in [4.69, 9.17) is 19.4 Å². The Bertz CT molecular complexity index is 1450. The average Bonchev–Trinajstić information content (AvgIpc) is 3.71. The molecular weight excluding hydrogens is 504 g/mol. The lowest BCUT2D eigenvalue weighted by molar-refractivity contribution is -0.336.